The summed E-state index contributed by atoms with van der Waals surface area (Å²) in [5, 5.41) is 13.2. The number of aromatic nitrogens is 2. The number of hydrogen-bond donors (Lipinski definition) is 2. The van der Waals surface area contributed by atoms with Crippen LogP contribution in [0.25, 0.3) is 10.9 Å². The van der Waals surface area contributed by atoms with Crippen molar-refractivity contribution in [2.24, 2.45) is 5.14 Å². The largest absolute Gasteiger partial charge is 0.326 e. The van der Waals surface area contributed by atoms with Gasteiger partial charge in [-0.2, -0.15) is 5.10 Å². The van der Waals surface area contributed by atoms with Crippen LogP contribution in [0.2, 0.25) is 5.15 Å². The van der Waals surface area contributed by atoms with Gasteiger partial charge in [0.25, 0.3) is 0 Å². The summed E-state index contributed by atoms with van der Waals surface area (Å²) in [7, 11) is -3.75. The van der Waals surface area contributed by atoms with Crippen molar-refractivity contribution in [1.29, 1.82) is 0 Å². The summed E-state index contributed by atoms with van der Waals surface area (Å²) in [5.41, 5.74) is 1.35. The van der Waals surface area contributed by atoms with E-state index in [0.717, 1.165) is 10.9 Å². The number of nitrogens with two attached hydrogens (primary N) is 1. The third-order valence-corrected chi connectivity index (χ3v) is 4.84. The Hall–Kier alpha value is -2.42. The third-order valence-electron chi connectivity index (χ3n) is 3.63. The maximum absolute atomic E-state index is 12.1. The molecule has 0 unspecified atom stereocenters. The molecule has 0 aliphatic carbocycles. The number of primary sulfonamides is 1. The second-order valence-corrected chi connectivity index (χ2v) is 7.32. The summed E-state index contributed by atoms with van der Waals surface area (Å²) in [6.07, 6.45) is 0.193. The van der Waals surface area contributed by atoms with Gasteiger partial charge in [0.1, 0.15) is 0 Å². The fourth-order valence-electron chi connectivity index (χ4n) is 2.42. The molecule has 130 valence electrons. The topological polar surface area (TPSA) is 107 Å². The van der Waals surface area contributed by atoms with Crippen LogP contribution >= 0.6 is 11.6 Å². The first kappa shape index (κ1) is 17.4. The summed E-state index contributed by atoms with van der Waals surface area (Å²) in [6, 6.07) is 13.2. The Morgan fingerprint density at radius 1 is 1.16 bits per heavy atom. The first-order valence-corrected chi connectivity index (χ1v) is 9.31. The number of halogens is 1. The minimum Gasteiger partial charge on any atom is -0.326 e. The molecule has 9 heteroatoms. The van der Waals surface area contributed by atoms with Crippen molar-refractivity contribution in [3.8, 4) is 0 Å². The molecule has 2 aromatic carbocycles. The number of rotatable bonds is 5. The number of benzene rings is 2. The molecule has 1 amide bonds. The molecular formula is C16H15ClN4O3S. The first-order valence-electron chi connectivity index (χ1n) is 7.38. The van der Waals surface area contributed by atoms with Crippen molar-refractivity contribution in [3.63, 3.8) is 0 Å². The number of fused-ring (bicyclic) bond motifs is 1. The Bertz CT molecular complexity index is 1030. The van der Waals surface area contributed by atoms with Gasteiger partial charge < -0.3 is 5.32 Å². The van der Waals surface area contributed by atoms with Crippen LogP contribution in [0.15, 0.2) is 53.4 Å². The van der Waals surface area contributed by atoms with Crippen molar-refractivity contribution in [1.82, 2.24) is 9.78 Å². The van der Waals surface area contributed by atoms with Crippen LogP contribution in [0.3, 0.4) is 0 Å². The number of nitrogens with one attached hydrogen (secondary N) is 1. The number of hydrogen-bond acceptors (Lipinski definition) is 4. The number of nitrogens with zero attached hydrogens (tertiary/aromatic N) is 2. The second kappa shape index (κ2) is 6.83. The summed E-state index contributed by atoms with van der Waals surface area (Å²) in [5.74, 6) is -0.223. The number of para-hydroxylation sites is 1. The average molecular weight is 379 g/mol. The highest BCUT2D eigenvalue weighted by Gasteiger charge is 2.11. The zero-order valence-electron chi connectivity index (χ0n) is 13.0. The van der Waals surface area contributed by atoms with Crippen LogP contribution in [0.5, 0.6) is 0 Å². The molecule has 1 heterocycles. The summed E-state index contributed by atoms with van der Waals surface area (Å²) in [4.78, 5) is 12.1. The van der Waals surface area contributed by atoms with E-state index in [1.807, 2.05) is 24.3 Å². The molecule has 0 aliphatic rings. The molecule has 3 aromatic rings. The van der Waals surface area contributed by atoms with E-state index >= 15 is 0 Å². The highest BCUT2D eigenvalue weighted by molar-refractivity contribution is 7.89. The van der Waals surface area contributed by atoms with Gasteiger partial charge in [-0.3, -0.25) is 9.48 Å². The zero-order chi connectivity index (χ0) is 18.0. The molecule has 0 fully saturated rings. The Labute approximate surface area is 149 Å². The molecule has 3 rings (SSSR count). The highest BCUT2D eigenvalue weighted by atomic mass is 35.5. The Morgan fingerprint density at radius 3 is 2.52 bits per heavy atom. The number of amides is 1. The van der Waals surface area contributed by atoms with Gasteiger partial charge in [-0.25, -0.2) is 13.6 Å². The molecule has 0 bridgehead atoms. The number of anilines is 1. The van der Waals surface area contributed by atoms with Crippen LogP contribution in [0.4, 0.5) is 5.69 Å². The van der Waals surface area contributed by atoms with Crippen molar-refractivity contribution in [3.05, 3.63) is 53.7 Å². The normalized spacial score (nSPS) is 11.6. The van der Waals surface area contributed by atoms with Crippen LogP contribution < -0.4 is 10.5 Å². The van der Waals surface area contributed by atoms with E-state index in [4.69, 9.17) is 16.7 Å². The van der Waals surface area contributed by atoms with Gasteiger partial charge in [0.15, 0.2) is 5.15 Å². The molecular weight excluding hydrogens is 364 g/mol. The number of carbonyl (C=O) groups excluding carboxylic acids is 1. The van der Waals surface area contributed by atoms with Gasteiger partial charge in [-0.15, -0.1) is 0 Å². The van der Waals surface area contributed by atoms with Gasteiger partial charge in [0, 0.05) is 17.5 Å². The fraction of sp³-hybridized carbons (Fsp3) is 0.125. The van der Waals surface area contributed by atoms with Crippen molar-refractivity contribution >= 4 is 44.1 Å². The van der Waals surface area contributed by atoms with Gasteiger partial charge in [0.2, 0.25) is 15.9 Å². The highest BCUT2D eigenvalue weighted by Crippen LogP contribution is 2.22. The average Bonchev–Trinajstić information content (AvgIpc) is 2.89. The quantitative estimate of drug-likeness (QED) is 0.710. The lowest BCUT2D eigenvalue weighted by molar-refractivity contribution is -0.116. The fourth-order valence-corrected chi connectivity index (χ4v) is 3.18. The van der Waals surface area contributed by atoms with E-state index in [-0.39, 0.29) is 17.2 Å². The maximum atomic E-state index is 12.1. The molecule has 0 atom stereocenters. The molecule has 7 nitrogen and oxygen atoms in total. The van der Waals surface area contributed by atoms with Crippen molar-refractivity contribution in [2.75, 3.05) is 5.32 Å². The van der Waals surface area contributed by atoms with E-state index in [1.54, 1.807) is 4.68 Å². The lowest BCUT2D eigenvalue weighted by Crippen LogP contribution is -2.15. The van der Waals surface area contributed by atoms with Gasteiger partial charge >= 0.3 is 0 Å². The molecule has 0 spiro atoms. The van der Waals surface area contributed by atoms with Crippen molar-refractivity contribution < 1.29 is 13.2 Å². The van der Waals surface area contributed by atoms with E-state index in [9.17, 15) is 13.2 Å². The predicted octanol–water partition coefficient (Wildman–Crippen LogP) is 2.37. The zero-order valence-corrected chi connectivity index (χ0v) is 14.6. The summed E-state index contributed by atoms with van der Waals surface area (Å²) < 4.78 is 24.1. The van der Waals surface area contributed by atoms with E-state index in [0.29, 0.717) is 17.4 Å². The predicted molar refractivity (Wildman–Crippen MR) is 95.8 cm³/mol. The summed E-state index contributed by atoms with van der Waals surface area (Å²) in [6.45, 7) is 0.369. The van der Waals surface area contributed by atoms with Gasteiger partial charge in [-0.05, 0) is 36.4 Å². The second-order valence-electron chi connectivity index (χ2n) is 5.40. The minimum atomic E-state index is -3.75. The molecule has 1 aromatic heterocycles. The van der Waals surface area contributed by atoms with E-state index in [2.05, 4.69) is 10.4 Å². The lowest BCUT2D eigenvalue weighted by atomic mass is 10.2. The van der Waals surface area contributed by atoms with Crippen LogP contribution in [-0.2, 0) is 21.4 Å². The van der Waals surface area contributed by atoms with Crippen LogP contribution in [-0.4, -0.2) is 24.1 Å². The Balaban J connectivity index is 1.65. The molecule has 3 N–H and O–H groups in total. The smallest absolute Gasteiger partial charge is 0.238 e. The Morgan fingerprint density at radius 2 is 1.84 bits per heavy atom. The maximum Gasteiger partial charge on any atom is 0.238 e. The molecule has 25 heavy (non-hydrogen) atoms. The molecule has 0 saturated heterocycles. The molecule has 0 aliphatic heterocycles. The lowest BCUT2D eigenvalue weighted by Gasteiger charge is -2.07. The van der Waals surface area contributed by atoms with Crippen molar-refractivity contribution in [2.45, 2.75) is 17.9 Å². The van der Waals surface area contributed by atoms with Gasteiger partial charge in [0.05, 0.1) is 17.0 Å². The third kappa shape index (κ3) is 3.98. The van der Waals surface area contributed by atoms with Gasteiger partial charge in [-0.1, -0.05) is 23.7 Å². The summed E-state index contributed by atoms with van der Waals surface area (Å²) >= 11 is 6.08. The van der Waals surface area contributed by atoms with E-state index < -0.39 is 10.0 Å². The molecule has 0 saturated carbocycles. The Kier molecular flexibility index (Phi) is 4.76. The molecule has 0 radical (unpaired) electrons. The number of sulfonamides is 1. The number of aryl methyl sites for hydroxylation is 1. The first-order chi connectivity index (χ1) is 11.8. The SMILES string of the molecule is NS(=O)(=O)c1ccc(NC(=O)CCn2nc(Cl)c3ccccc32)cc1. The monoisotopic (exact) mass is 378 g/mol. The standard InChI is InChI=1S/C16H15ClN4O3S/c17-16-13-3-1-2-4-14(13)21(20-16)10-9-15(22)19-11-5-7-12(8-6-11)25(18,23)24/h1-8H,9-10H2,(H,19,22)(H2,18,23,24). The van der Waals surface area contributed by atoms with Crippen LogP contribution in [0.1, 0.15) is 6.42 Å². The van der Waals surface area contributed by atoms with E-state index in [1.165, 1.54) is 24.3 Å². The number of carbonyl (C=O) groups is 1. The minimum absolute atomic E-state index is 0.0110. The van der Waals surface area contributed by atoms with Crippen LogP contribution in [0, 0.1) is 0 Å².